The first-order chi connectivity index (χ1) is 14.2. The van der Waals surface area contributed by atoms with Gasteiger partial charge in [0.1, 0.15) is 0 Å². The molecule has 0 atom stereocenters. The number of nitrogens with zero attached hydrogens (tertiary/aromatic N) is 2. The first-order valence-corrected chi connectivity index (χ1v) is 11.8. The molecule has 1 fully saturated rings. The third kappa shape index (κ3) is 6.87. The van der Waals surface area contributed by atoms with Crippen molar-refractivity contribution in [3.8, 4) is 0 Å². The normalized spacial score (nSPS) is 17.2. The van der Waals surface area contributed by atoms with Gasteiger partial charge in [-0.25, -0.2) is 8.42 Å². The molecular formula is C20H31F3N4O2S. The largest absolute Gasteiger partial charge is 0.511 e. The van der Waals surface area contributed by atoms with Gasteiger partial charge in [0.2, 0.25) is 0 Å². The number of alkyl halides is 3. The quantitative estimate of drug-likeness (QED) is 0.474. The van der Waals surface area contributed by atoms with E-state index in [2.05, 4.69) is 46.8 Å². The first-order valence-electron chi connectivity index (χ1n) is 10.3. The van der Waals surface area contributed by atoms with Crippen LogP contribution in [0.5, 0.6) is 0 Å². The van der Waals surface area contributed by atoms with Crippen LogP contribution in [0, 0.1) is 5.92 Å². The lowest BCUT2D eigenvalue weighted by Crippen LogP contribution is -2.45. The molecule has 0 spiro atoms. The smallest absolute Gasteiger partial charge is 0.357 e. The lowest BCUT2D eigenvalue weighted by molar-refractivity contribution is -0.0496. The molecular weight excluding hydrogens is 417 g/mol. The standard InChI is InChI=1S/C20H31F3N4O2S/c1-3-16-5-7-17(8-6-16)9-12-25-19(24-4-2)26-15-18-10-13-27(14-11-18)30(28,29)20(21,22)23/h5-8,18H,3-4,9-15H2,1-2H3,(H2,24,25,26). The molecule has 0 radical (unpaired) electrons. The fraction of sp³-hybridized carbons (Fsp3) is 0.650. The predicted octanol–water partition coefficient (Wildman–Crippen LogP) is 2.91. The van der Waals surface area contributed by atoms with E-state index in [1.54, 1.807) is 0 Å². The third-order valence-electron chi connectivity index (χ3n) is 5.20. The predicted molar refractivity (Wildman–Crippen MR) is 113 cm³/mol. The van der Waals surface area contributed by atoms with Crippen molar-refractivity contribution in [3.05, 3.63) is 35.4 Å². The van der Waals surface area contributed by atoms with Crippen molar-refractivity contribution in [1.29, 1.82) is 0 Å². The van der Waals surface area contributed by atoms with E-state index in [4.69, 9.17) is 0 Å². The molecule has 10 heteroatoms. The number of piperidine rings is 1. The minimum absolute atomic E-state index is 0.0572. The van der Waals surface area contributed by atoms with Crippen LogP contribution in [-0.4, -0.2) is 56.9 Å². The molecule has 170 valence electrons. The highest BCUT2D eigenvalue weighted by molar-refractivity contribution is 7.90. The van der Waals surface area contributed by atoms with Crippen molar-refractivity contribution >= 4 is 16.0 Å². The number of nitrogens with one attached hydrogen (secondary N) is 2. The summed E-state index contributed by atoms with van der Waals surface area (Å²) in [5.74, 6) is 0.717. The van der Waals surface area contributed by atoms with E-state index < -0.39 is 15.5 Å². The van der Waals surface area contributed by atoms with Crippen LogP contribution in [0.1, 0.15) is 37.8 Å². The van der Waals surface area contributed by atoms with Crippen molar-refractivity contribution in [2.24, 2.45) is 10.9 Å². The molecule has 1 aromatic carbocycles. The summed E-state index contributed by atoms with van der Waals surface area (Å²) in [4.78, 5) is 4.54. The summed E-state index contributed by atoms with van der Waals surface area (Å²) in [5.41, 5.74) is -2.71. The van der Waals surface area contributed by atoms with Gasteiger partial charge in [-0.3, -0.25) is 4.99 Å². The maximum atomic E-state index is 12.7. The third-order valence-corrected chi connectivity index (χ3v) is 6.83. The number of aliphatic imine (C=N–C) groups is 1. The molecule has 30 heavy (non-hydrogen) atoms. The molecule has 1 heterocycles. The Morgan fingerprint density at radius 2 is 1.70 bits per heavy atom. The second-order valence-electron chi connectivity index (χ2n) is 7.36. The van der Waals surface area contributed by atoms with Crippen LogP contribution in [0.2, 0.25) is 0 Å². The second kappa shape index (κ2) is 11.0. The van der Waals surface area contributed by atoms with Crippen LogP contribution in [-0.2, 0) is 22.9 Å². The van der Waals surface area contributed by atoms with E-state index in [1.165, 1.54) is 11.1 Å². The Labute approximate surface area is 177 Å². The van der Waals surface area contributed by atoms with Crippen LogP contribution < -0.4 is 10.6 Å². The highest BCUT2D eigenvalue weighted by Gasteiger charge is 2.50. The Kier molecular flexibility index (Phi) is 8.96. The molecule has 0 saturated carbocycles. The van der Waals surface area contributed by atoms with Crippen LogP contribution in [0.25, 0.3) is 0 Å². The van der Waals surface area contributed by atoms with Crippen LogP contribution in [0.4, 0.5) is 13.2 Å². The fourth-order valence-electron chi connectivity index (χ4n) is 3.31. The van der Waals surface area contributed by atoms with E-state index in [-0.39, 0.29) is 19.0 Å². The maximum Gasteiger partial charge on any atom is 0.511 e. The Balaban J connectivity index is 1.81. The summed E-state index contributed by atoms with van der Waals surface area (Å²) in [6.45, 7) is 5.68. The summed E-state index contributed by atoms with van der Waals surface area (Å²) < 4.78 is 61.5. The highest BCUT2D eigenvalue weighted by atomic mass is 32.2. The van der Waals surface area contributed by atoms with Gasteiger partial charge in [0.25, 0.3) is 0 Å². The molecule has 0 aliphatic carbocycles. The fourth-order valence-corrected chi connectivity index (χ4v) is 4.29. The van der Waals surface area contributed by atoms with Crippen molar-refractivity contribution in [2.45, 2.75) is 45.0 Å². The van der Waals surface area contributed by atoms with Gasteiger partial charge in [0.05, 0.1) is 0 Å². The number of guanidine groups is 1. The number of hydrogen-bond donors (Lipinski definition) is 2. The van der Waals surface area contributed by atoms with Crippen LogP contribution in [0.15, 0.2) is 29.3 Å². The Hall–Kier alpha value is -1.81. The van der Waals surface area contributed by atoms with Crippen molar-refractivity contribution in [2.75, 3.05) is 32.7 Å². The number of rotatable bonds is 8. The molecule has 0 aromatic heterocycles. The number of halogens is 3. The van der Waals surface area contributed by atoms with Gasteiger partial charge in [0, 0.05) is 32.7 Å². The van der Waals surface area contributed by atoms with Gasteiger partial charge in [-0.05, 0) is 49.7 Å². The molecule has 2 N–H and O–H groups in total. The number of benzene rings is 1. The molecule has 1 aliphatic heterocycles. The summed E-state index contributed by atoms with van der Waals surface area (Å²) >= 11 is 0. The zero-order valence-corrected chi connectivity index (χ0v) is 18.3. The first kappa shape index (κ1) is 24.5. The van der Waals surface area contributed by atoms with Crippen molar-refractivity contribution < 1.29 is 21.6 Å². The van der Waals surface area contributed by atoms with Crippen molar-refractivity contribution in [3.63, 3.8) is 0 Å². The zero-order valence-electron chi connectivity index (χ0n) is 17.5. The van der Waals surface area contributed by atoms with E-state index in [0.717, 1.165) is 12.8 Å². The number of sulfonamides is 1. The zero-order chi connectivity index (χ0) is 22.2. The van der Waals surface area contributed by atoms with E-state index >= 15 is 0 Å². The van der Waals surface area contributed by atoms with Gasteiger partial charge >= 0.3 is 15.5 Å². The van der Waals surface area contributed by atoms with E-state index in [9.17, 15) is 21.6 Å². The van der Waals surface area contributed by atoms with Crippen LogP contribution >= 0.6 is 0 Å². The van der Waals surface area contributed by atoms with Crippen molar-refractivity contribution in [1.82, 2.24) is 14.9 Å². The Morgan fingerprint density at radius 1 is 1.10 bits per heavy atom. The monoisotopic (exact) mass is 448 g/mol. The summed E-state index contributed by atoms with van der Waals surface area (Å²) in [7, 11) is -5.23. The molecule has 1 aromatic rings. The molecule has 2 rings (SSSR count). The summed E-state index contributed by atoms with van der Waals surface area (Å²) in [6.07, 6.45) is 2.59. The SMILES string of the molecule is CCNC(=NCC1CCN(S(=O)(=O)C(F)(F)F)CC1)NCCc1ccc(CC)cc1. The molecule has 1 aliphatic rings. The molecule has 6 nitrogen and oxygen atoms in total. The van der Waals surface area contributed by atoms with E-state index in [1.807, 2.05) is 6.92 Å². The Bertz CT molecular complexity index is 787. The van der Waals surface area contributed by atoms with Gasteiger partial charge in [-0.2, -0.15) is 17.5 Å². The highest BCUT2D eigenvalue weighted by Crippen LogP contribution is 2.30. The average molecular weight is 449 g/mol. The van der Waals surface area contributed by atoms with Crippen LogP contribution in [0.3, 0.4) is 0 Å². The molecule has 0 amide bonds. The lowest BCUT2D eigenvalue weighted by atomic mass is 9.98. The summed E-state index contributed by atoms with van der Waals surface area (Å²) in [6, 6.07) is 8.49. The lowest BCUT2D eigenvalue weighted by Gasteiger charge is -2.30. The number of hydrogen-bond acceptors (Lipinski definition) is 3. The summed E-state index contributed by atoms with van der Waals surface area (Å²) in [5, 5.41) is 6.44. The minimum Gasteiger partial charge on any atom is -0.357 e. The topological polar surface area (TPSA) is 73.8 Å². The molecule has 0 bridgehead atoms. The van der Waals surface area contributed by atoms with Gasteiger partial charge < -0.3 is 10.6 Å². The van der Waals surface area contributed by atoms with Gasteiger partial charge in [-0.1, -0.05) is 31.2 Å². The molecule has 0 unspecified atom stereocenters. The minimum atomic E-state index is -5.24. The molecule has 1 saturated heterocycles. The van der Waals surface area contributed by atoms with Gasteiger partial charge in [-0.15, -0.1) is 0 Å². The number of aryl methyl sites for hydroxylation is 1. The Morgan fingerprint density at radius 3 is 2.23 bits per heavy atom. The van der Waals surface area contributed by atoms with Gasteiger partial charge in [0.15, 0.2) is 5.96 Å². The average Bonchev–Trinajstić information content (AvgIpc) is 2.72. The maximum absolute atomic E-state index is 12.7. The van der Waals surface area contributed by atoms with E-state index in [0.29, 0.717) is 42.7 Å². The second-order valence-corrected chi connectivity index (χ2v) is 9.29.